The van der Waals surface area contributed by atoms with Crippen LogP contribution in [0.15, 0.2) is 30.3 Å². The molecule has 0 aliphatic heterocycles. The number of hydrogen-bond acceptors (Lipinski definition) is 5. The summed E-state index contributed by atoms with van der Waals surface area (Å²) in [4.78, 5) is 45.5. The van der Waals surface area contributed by atoms with Gasteiger partial charge in [0.05, 0.1) is 12.6 Å². The van der Waals surface area contributed by atoms with E-state index >= 15 is 0 Å². The molecule has 0 fully saturated rings. The fourth-order valence-electron chi connectivity index (χ4n) is 1.90. The van der Waals surface area contributed by atoms with Gasteiger partial charge in [0, 0.05) is 0 Å². The standard InChI is InChI=1S/C16H22N4O5/c1-10(15(24)19-8-13(21)18-9-14(22)23)20-16(25)12(17)7-11-5-3-2-4-6-11/h2-6,10,12H,7-9,17H2,1H3,(H,18,21)(H,19,24)(H,20,25)(H,22,23)/t10-,12-/m0/s1. The van der Waals surface area contributed by atoms with Crippen molar-refractivity contribution >= 4 is 23.7 Å². The van der Waals surface area contributed by atoms with E-state index in [9.17, 15) is 19.2 Å². The summed E-state index contributed by atoms with van der Waals surface area (Å²) in [6.07, 6.45) is 0.332. The van der Waals surface area contributed by atoms with Gasteiger partial charge in [-0.3, -0.25) is 19.2 Å². The second kappa shape index (κ2) is 10.0. The van der Waals surface area contributed by atoms with Crippen molar-refractivity contribution in [2.24, 2.45) is 5.73 Å². The van der Waals surface area contributed by atoms with Gasteiger partial charge in [-0.1, -0.05) is 30.3 Å². The number of aliphatic carboxylic acids is 1. The van der Waals surface area contributed by atoms with Crippen LogP contribution >= 0.6 is 0 Å². The number of nitrogens with two attached hydrogens (primary N) is 1. The topological polar surface area (TPSA) is 151 Å². The molecule has 0 aliphatic rings. The Kier molecular flexibility index (Phi) is 8.07. The first kappa shape index (κ1) is 20.1. The van der Waals surface area contributed by atoms with E-state index in [-0.39, 0.29) is 6.54 Å². The molecule has 0 saturated heterocycles. The van der Waals surface area contributed by atoms with E-state index in [0.717, 1.165) is 5.56 Å². The van der Waals surface area contributed by atoms with Crippen LogP contribution in [0.3, 0.4) is 0 Å². The predicted molar refractivity (Wildman–Crippen MR) is 89.4 cm³/mol. The van der Waals surface area contributed by atoms with Gasteiger partial charge >= 0.3 is 5.97 Å². The maximum absolute atomic E-state index is 12.0. The number of nitrogens with one attached hydrogen (secondary N) is 3. The van der Waals surface area contributed by atoms with Crippen LogP contribution in [0, 0.1) is 0 Å². The van der Waals surface area contributed by atoms with Gasteiger partial charge in [0.25, 0.3) is 0 Å². The van der Waals surface area contributed by atoms with Crippen LogP contribution in [0.25, 0.3) is 0 Å². The third-order valence-corrected chi connectivity index (χ3v) is 3.25. The zero-order valence-electron chi connectivity index (χ0n) is 13.8. The zero-order valence-corrected chi connectivity index (χ0v) is 13.8. The zero-order chi connectivity index (χ0) is 18.8. The maximum atomic E-state index is 12.0. The first-order valence-electron chi connectivity index (χ1n) is 7.65. The first-order chi connectivity index (χ1) is 11.8. The van der Waals surface area contributed by atoms with Crippen LogP contribution < -0.4 is 21.7 Å². The van der Waals surface area contributed by atoms with Crippen LogP contribution in [0.5, 0.6) is 0 Å². The van der Waals surface area contributed by atoms with E-state index in [2.05, 4.69) is 16.0 Å². The summed E-state index contributed by atoms with van der Waals surface area (Å²) < 4.78 is 0. The number of carbonyl (C=O) groups excluding carboxylic acids is 3. The summed E-state index contributed by atoms with van der Waals surface area (Å²) in [5.41, 5.74) is 6.72. The lowest BCUT2D eigenvalue weighted by Crippen LogP contribution is -2.52. The Morgan fingerprint density at radius 3 is 2.28 bits per heavy atom. The molecule has 0 radical (unpaired) electrons. The highest BCUT2D eigenvalue weighted by atomic mass is 16.4. The molecule has 6 N–H and O–H groups in total. The van der Waals surface area contributed by atoms with E-state index in [1.165, 1.54) is 6.92 Å². The SMILES string of the molecule is C[C@H](NC(=O)[C@@H](N)Cc1ccccc1)C(=O)NCC(=O)NCC(=O)O. The Balaban J connectivity index is 2.36. The summed E-state index contributed by atoms with van der Waals surface area (Å²) in [6, 6.07) is 7.53. The van der Waals surface area contributed by atoms with Crippen molar-refractivity contribution in [1.29, 1.82) is 0 Å². The average molecular weight is 350 g/mol. The van der Waals surface area contributed by atoms with Crippen LogP contribution in [-0.4, -0.2) is 54.0 Å². The molecule has 0 heterocycles. The average Bonchev–Trinajstić information content (AvgIpc) is 2.58. The minimum atomic E-state index is -1.19. The van der Waals surface area contributed by atoms with Crippen molar-refractivity contribution in [2.75, 3.05) is 13.1 Å². The molecule has 25 heavy (non-hydrogen) atoms. The number of rotatable bonds is 9. The minimum Gasteiger partial charge on any atom is -0.480 e. The first-order valence-corrected chi connectivity index (χ1v) is 7.65. The minimum absolute atomic E-state index is 0.332. The molecule has 0 spiro atoms. The normalized spacial score (nSPS) is 12.6. The molecule has 3 amide bonds. The Morgan fingerprint density at radius 2 is 1.68 bits per heavy atom. The fraction of sp³-hybridized carbons (Fsp3) is 0.375. The quantitative estimate of drug-likeness (QED) is 0.361. The molecular formula is C16H22N4O5. The van der Waals surface area contributed by atoms with Crippen molar-refractivity contribution in [1.82, 2.24) is 16.0 Å². The van der Waals surface area contributed by atoms with E-state index in [4.69, 9.17) is 10.8 Å². The molecule has 0 bridgehead atoms. The van der Waals surface area contributed by atoms with E-state index < -0.39 is 42.3 Å². The van der Waals surface area contributed by atoms with Gasteiger partial charge in [0.15, 0.2) is 0 Å². The third-order valence-electron chi connectivity index (χ3n) is 3.25. The molecule has 1 rings (SSSR count). The Labute approximate surface area is 145 Å². The highest BCUT2D eigenvalue weighted by Crippen LogP contribution is 2.02. The summed E-state index contributed by atoms with van der Waals surface area (Å²) in [6.45, 7) is 0.537. The van der Waals surface area contributed by atoms with Gasteiger partial charge in [-0.25, -0.2) is 0 Å². The molecule has 0 aromatic heterocycles. The summed E-state index contributed by atoms with van der Waals surface area (Å²) >= 11 is 0. The Bertz CT molecular complexity index is 620. The lowest BCUT2D eigenvalue weighted by atomic mass is 10.1. The number of carboxylic acid groups (broad SMARTS) is 1. The number of hydrogen-bond donors (Lipinski definition) is 5. The van der Waals surface area contributed by atoms with Crippen molar-refractivity contribution in [3.63, 3.8) is 0 Å². The van der Waals surface area contributed by atoms with Gasteiger partial charge in [-0.15, -0.1) is 0 Å². The second-order valence-corrected chi connectivity index (χ2v) is 5.41. The molecular weight excluding hydrogens is 328 g/mol. The molecule has 1 aromatic carbocycles. The number of carbonyl (C=O) groups is 4. The van der Waals surface area contributed by atoms with Gasteiger partial charge in [0.1, 0.15) is 12.6 Å². The van der Waals surface area contributed by atoms with Crippen molar-refractivity contribution in [2.45, 2.75) is 25.4 Å². The monoisotopic (exact) mass is 350 g/mol. The Morgan fingerprint density at radius 1 is 1.04 bits per heavy atom. The van der Waals surface area contributed by atoms with Gasteiger partial charge in [-0.05, 0) is 18.9 Å². The van der Waals surface area contributed by atoms with Gasteiger partial charge in [0.2, 0.25) is 17.7 Å². The number of amides is 3. The summed E-state index contributed by atoms with van der Waals surface area (Å²) in [5, 5.41) is 15.3. The fourth-order valence-corrected chi connectivity index (χ4v) is 1.90. The molecule has 0 unspecified atom stereocenters. The van der Waals surface area contributed by atoms with Crippen LogP contribution in [0.4, 0.5) is 0 Å². The molecule has 2 atom stereocenters. The Hall–Kier alpha value is -2.94. The van der Waals surface area contributed by atoms with Crippen molar-refractivity contribution < 1.29 is 24.3 Å². The molecule has 0 aliphatic carbocycles. The van der Waals surface area contributed by atoms with E-state index in [1.807, 2.05) is 30.3 Å². The summed E-state index contributed by atoms with van der Waals surface area (Å²) in [5.74, 6) is -2.89. The highest BCUT2D eigenvalue weighted by molar-refractivity contribution is 5.92. The summed E-state index contributed by atoms with van der Waals surface area (Å²) in [7, 11) is 0. The van der Waals surface area contributed by atoms with Crippen molar-refractivity contribution in [3.8, 4) is 0 Å². The molecule has 0 saturated carbocycles. The van der Waals surface area contributed by atoms with E-state index in [0.29, 0.717) is 6.42 Å². The van der Waals surface area contributed by atoms with Crippen LogP contribution in [0.2, 0.25) is 0 Å². The lowest BCUT2D eigenvalue weighted by Gasteiger charge is -2.17. The number of carboxylic acids is 1. The molecule has 136 valence electrons. The smallest absolute Gasteiger partial charge is 0.322 e. The highest BCUT2D eigenvalue weighted by Gasteiger charge is 2.20. The molecule has 1 aromatic rings. The second-order valence-electron chi connectivity index (χ2n) is 5.41. The molecule has 9 heteroatoms. The van der Waals surface area contributed by atoms with Crippen LogP contribution in [0.1, 0.15) is 12.5 Å². The lowest BCUT2D eigenvalue weighted by molar-refractivity contribution is -0.138. The molecule has 9 nitrogen and oxygen atoms in total. The predicted octanol–water partition coefficient (Wildman–Crippen LogP) is -1.62. The largest absolute Gasteiger partial charge is 0.480 e. The van der Waals surface area contributed by atoms with Gasteiger partial charge in [-0.2, -0.15) is 0 Å². The maximum Gasteiger partial charge on any atom is 0.322 e. The van der Waals surface area contributed by atoms with Crippen molar-refractivity contribution in [3.05, 3.63) is 35.9 Å². The van der Waals surface area contributed by atoms with Gasteiger partial charge < -0.3 is 26.8 Å². The number of benzene rings is 1. The van der Waals surface area contributed by atoms with Crippen LogP contribution in [-0.2, 0) is 25.6 Å². The van der Waals surface area contributed by atoms with E-state index in [1.54, 1.807) is 0 Å². The third kappa shape index (κ3) is 7.93.